The van der Waals surface area contributed by atoms with Gasteiger partial charge in [-0.3, -0.25) is 4.79 Å². The van der Waals surface area contributed by atoms with E-state index < -0.39 is 5.91 Å². The molecule has 1 aromatic carbocycles. The Morgan fingerprint density at radius 2 is 1.92 bits per heavy atom. The molecule has 2 heterocycles. The molecule has 1 N–H and O–H groups in total. The Balaban J connectivity index is 1.95. The monoisotopic (exact) mass is 358 g/mol. The van der Waals surface area contributed by atoms with Crippen molar-refractivity contribution in [3.05, 3.63) is 69.9 Å². The topological polar surface area (TPSA) is 59.8 Å². The van der Waals surface area contributed by atoms with Crippen LogP contribution in [0, 0.1) is 26.6 Å². The summed E-state index contributed by atoms with van der Waals surface area (Å²) in [6.45, 7) is 5.49. The van der Waals surface area contributed by atoms with E-state index in [0.717, 1.165) is 11.4 Å². The summed E-state index contributed by atoms with van der Waals surface area (Å²) in [5.41, 5.74) is 2.94. The highest BCUT2D eigenvalue weighted by Crippen LogP contribution is 2.21. The van der Waals surface area contributed by atoms with E-state index in [1.165, 1.54) is 18.2 Å². The van der Waals surface area contributed by atoms with E-state index >= 15 is 0 Å². The van der Waals surface area contributed by atoms with Crippen LogP contribution in [0.5, 0.6) is 0 Å². The predicted molar refractivity (Wildman–Crippen MR) is 94.9 cm³/mol. The lowest BCUT2D eigenvalue weighted by atomic mass is 10.2. The van der Waals surface area contributed by atoms with E-state index in [9.17, 15) is 9.18 Å². The molecule has 0 saturated carbocycles. The molecule has 25 heavy (non-hydrogen) atoms. The van der Waals surface area contributed by atoms with Crippen LogP contribution in [0.25, 0.3) is 5.82 Å². The van der Waals surface area contributed by atoms with Crippen molar-refractivity contribution in [3.8, 4) is 5.82 Å². The summed E-state index contributed by atoms with van der Waals surface area (Å²) in [6, 6.07) is 9.34. The van der Waals surface area contributed by atoms with Crippen LogP contribution in [-0.4, -0.2) is 20.7 Å². The number of carbonyl (C=O) groups is 1. The molecular formula is C18H16ClFN4O. The van der Waals surface area contributed by atoms with E-state index in [2.05, 4.69) is 15.4 Å². The molecular weight excluding hydrogens is 343 g/mol. The minimum atomic E-state index is -0.469. The minimum absolute atomic E-state index is 0.0791. The van der Waals surface area contributed by atoms with Gasteiger partial charge in [0.15, 0.2) is 5.82 Å². The van der Waals surface area contributed by atoms with Crippen molar-refractivity contribution in [1.29, 1.82) is 0 Å². The quantitative estimate of drug-likeness (QED) is 0.761. The molecule has 0 spiro atoms. The molecule has 5 nitrogen and oxygen atoms in total. The van der Waals surface area contributed by atoms with Gasteiger partial charge in [-0.2, -0.15) is 5.10 Å². The maximum Gasteiger partial charge on any atom is 0.275 e. The molecule has 0 aliphatic rings. The summed E-state index contributed by atoms with van der Waals surface area (Å²) in [5, 5.41) is 7.29. The summed E-state index contributed by atoms with van der Waals surface area (Å²) < 4.78 is 14.8. The first-order valence-electron chi connectivity index (χ1n) is 7.63. The Labute approximate surface area is 149 Å². The highest BCUT2D eigenvalue weighted by Gasteiger charge is 2.16. The molecule has 0 bridgehead atoms. The SMILES string of the molecule is Cc1cc(C)n(-c2ccc(Cl)c(C(=O)Nc3ccc(F)cc3C)n2)n1. The zero-order chi connectivity index (χ0) is 18.1. The molecule has 0 unspecified atom stereocenters. The Morgan fingerprint density at radius 3 is 2.56 bits per heavy atom. The van der Waals surface area contributed by atoms with Gasteiger partial charge < -0.3 is 5.32 Å². The number of rotatable bonds is 3. The zero-order valence-corrected chi connectivity index (χ0v) is 14.7. The van der Waals surface area contributed by atoms with Crippen molar-refractivity contribution in [3.63, 3.8) is 0 Å². The van der Waals surface area contributed by atoms with E-state index in [-0.39, 0.29) is 16.5 Å². The number of hydrogen-bond donors (Lipinski definition) is 1. The van der Waals surface area contributed by atoms with Crippen LogP contribution in [0.2, 0.25) is 5.02 Å². The number of benzene rings is 1. The Kier molecular flexibility index (Phi) is 4.55. The lowest BCUT2D eigenvalue weighted by molar-refractivity contribution is 0.102. The highest BCUT2D eigenvalue weighted by molar-refractivity contribution is 6.34. The molecule has 0 saturated heterocycles. The van der Waals surface area contributed by atoms with Gasteiger partial charge in [0, 0.05) is 11.4 Å². The minimum Gasteiger partial charge on any atom is -0.320 e. The van der Waals surface area contributed by atoms with Crippen LogP contribution in [-0.2, 0) is 0 Å². The normalized spacial score (nSPS) is 10.8. The Hall–Kier alpha value is -2.73. The number of halogens is 2. The maximum absolute atomic E-state index is 13.2. The summed E-state index contributed by atoms with van der Waals surface area (Å²) in [5.74, 6) is -0.336. The Morgan fingerprint density at radius 1 is 1.16 bits per heavy atom. The molecule has 3 rings (SSSR count). The van der Waals surface area contributed by atoms with Gasteiger partial charge in [0.05, 0.1) is 10.7 Å². The van der Waals surface area contributed by atoms with E-state index in [1.54, 1.807) is 23.7 Å². The number of nitrogens with one attached hydrogen (secondary N) is 1. The van der Waals surface area contributed by atoms with Crippen LogP contribution in [0.3, 0.4) is 0 Å². The van der Waals surface area contributed by atoms with Crippen molar-refractivity contribution < 1.29 is 9.18 Å². The summed E-state index contributed by atoms with van der Waals surface area (Å²) in [4.78, 5) is 16.9. The van der Waals surface area contributed by atoms with E-state index in [4.69, 9.17) is 11.6 Å². The van der Waals surface area contributed by atoms with Crippen molar-refractivity contribution >= 4 is 23.2 Å². The molecule has 0 atom stereocenters. The molecule has 0 radical (unpaired) electrons. The fraction of sp³-hybridized carbons (Fsp3) is 0.167. The van der Waals surface area contributed by atoms with Gasteiger partial charge in [0.25, 0.3) is 5.91 Å². The molecule has 0 aliphatic carbocycles. The van der Waals surface area contributed by atoms with Gasteiger partial charge in [0.2, 0.25) is 0 Å². The van der Waals surface area contributed by atoms with Gasteiger partial charge in [-0.05, 0) is 62.7 Å². The van der Waals surface area contributed by atoms with Crippen molar-refractivity contribution in [1.82, 2.24) is 14.8 Å². The van der Waals surface area contributed by atoms with Crippen molar-refractivity contribution in [2.75, 3.05) is 5.32 Å². The van der Waals surface area contributed by atoms with Crippen LogP contribution in [0.4, 0.5) is 10.1 Å². The summed E-state index contributed by atoms with van der Waals surface area (Å²) in [7, 11) is 0. The van der Waals surface area contributed by atoms with Crippen LogP contribution < -0.4 is 5.32 Å². The average molecular weight is 359 g/mol. The average Bonchev–Trinajstić information content (AvgIpc) is 2.89. The van der Waals surface area contributed by atoms with Crippen LogP contribution >= 0.6 is 11.6 Å². The number of aromatic nitrogens is 3. The van der Waals surface area contributed by atoms with Crippen LogP contribution in [0.1, 0.15) is 27.4 Å². The third-order valence-electron chi connectivity index (χ3n) is 3.71. The van der Waals surface area contributed by atoms with Crippen LogP contribution in [0.15, 0.2) is 36.4 Å². The van der Waals surface area contributed by atoms with Gasteiger partial charge in [-0.25, -0.2) is 14.1 Å². The number of carbonyl (C=O) groups excluding carboxylic acids is 1. The van der Waals surface area contributed by atoms with E-state index in [1.807, 2.05) is 19.9 Å². The number of pyridine rings is 1. The van der Waals surface area contributed by atoms with Gasteiger partial charge in [-0.15, -0.1) is 0 Å². The third-order valence-corrected chi connectivity index (χ3v) is 4.01. The third kappa shape index (κ3) is 3.53. The number of amides is 1. The molecule has 0 fully saturated rings. The first-order chi connectivity index (χ1) is 11.8. The zero-order valence-electron chi connectivity index (χ0n) is 14.0. The molecule has 2 aromatic heterocycles. The highest BCUT2D eigenvalue weighted by atomic mass is 35.5. The largest absolute Gasteiger partial charge is 0.320 e. The number of anilines is 1. The summed E-state index contributed by atoms with van der Waals surface area (Å²) in [6.07, 6.45) is 0. The van der Waals surface area contributed by atoms with Gasteiger partial charge in [-0.1, -0.05) is 11.6 Å². The first-order valence-corrected chi connectivity index (χ1v) is 8.00. The first kappa shape index (κ1) is 17.1. The van der Waals surface area contributed by atoms with E-state index in [0.29, 0.717) is 17.1 Å². The smallest absolute Gasteiger partial charge is 0.275 e. The lowest BCUT2D eigenvalue weighted by Crippen LogP contribution is -2.16. The summed E-state index contributed by atoms with van der Waals surface area (Å²) >= 11 is 6.14. The molecule has 128 valence electrons. The van der Waals surface area contributed by atoms with Crippen molar-refractivity contribution in [2.45, 2.75) is 20.8 Å². The Bertz CT molecular complexity index is 968. The maximum atomic E-state index is 13.2. The fourth-order valence-electron chi connectivity index (χ4n) is 2.52. The standard InChI is InChI=1S/C18H16ClFN4O/c1-10-8-13(20)4-6-15(10)21-18(25)17-14(19)5-7-16(22-17)24-12(3)9-11(2)23-24/h4-9H,1-3H3,(H,21,25). The number of nitrogens with zero attached hydrogens (tertiary/aromatic N) is 3. The number of hydrogen-bond acceptors (Lipinski definition) is 3. The molecule has 7 heteroatoms. The second kappa shape index (κ2) is 6.64. The fourth-order valence-corrected chi connectivity index (χ4v) is 2.71. The predicted octanol–water partition coefficient (Wildman–Crippen LogP) is 4.24. The second-order valence-corrected chi connectivity index (χ2v) is 6.16. The molecule has 3 aromatic rings. The lowest BCUT2D eigenvalue weighted by Gasteiger charge is -2.10. The van der Waals surface area contributed by atoms with Crippen molar-refractivity contribution in [2.24, 2.45) is 0 Å². The molecule has 0 aliphatic heterocycles. The van der Waals surface area contributed by atoms with Gasteiger partial charge in [0.1, 0.15) is 11.5 Å². The number of aryl methyl sites for hydroxylation is 3. The second-order valence-electron chi connectivity index (χ2n) is 5.75. The molecule has 1 amide bonds. The van der Waals surface area contributed by atoms with Gasteiger partial charge >= 0.3 is 0 Å².